The van der Waals surface area contributed by atoms with Crippen LogP contribution in [0.4, 0.5) is 0 Å². The number of hydrogen-bond donors (Lipinski definition) is 0. The second-order valence-corrected chi connectivity index (χ2v) is 6.44. The van der Waals surface area contributed by atoms with Crippen LogP contribution in [0.15, 0.2) is 84.9 Å². The molecule has 3 rings (SSSR count). The molecule has 1 atom stereocenters. The molecule has 3 aromatic rings. The molecule has 28 heavy (non-hydrogen) atoms. The van der Waals surface area contributed by atoms with Crippen molar-refractivity contribution >= 4 is 17.5 Å². The standard InChI is InChI=1S/C24H20O4/c1-17(25)28-21-14-12-18(13-15-21)22(24(27)20-10-6-3-7-11-20)16-23(26)19-8-4-2-5-9-19/h2-15,22H,16H2,1H3. The number of esters is 1. The maximum atomic E-state index is 13.1. The maximum Gasteiger partial charge on any atom is 0.308 e. The average molecular weight is 372 g/mol. The Morgan fingerprint density at radius 2 is 1.29 bits per heavy atom. The van der Waals surface area contributed by atoms with Gasteiger partial charge in [0.15, 0.2) is 11.6 Å². The fourth-order valence-corrected chi connectivity index (χ4v) is 3.03. The molecule has 140 valence electrons. The molecule has 4 heteroatoms. The van der Waals surface area contributed by atoms with Crippen LogP contribution in [0, 0.1) is 0 Å². The van der Waals surface area contributed by atoms with Gasteiger partial charge < -0.3 is 4.74 Å². The van der Waals surface area contributed by atoms with E-state index in [0.29, 0.717) is 22.4 Å². The lowest BCUT2D eigenvalue weighted by Crippen LogP contribution is -2.17. The molecule has 4 nitrogen and oxygen atoms in total. The van der Waals surface area contributed by atoms with Crippen LogP contribution in [0.5, 0.6) is 5.75 Å². The summed E-state index contributed by atoms with van der Waals surface area (Å²) >= 11 is 0. The Morgan fingerprint density at radius 1 is 0.750 bits per heavy atom. The number of ether oxygens (including phenoxy) is 1. The lowest BCUT2D eigenvalue weighted by atomic mass is 9.85. The van der Waals surface area contributed by atoms with Crippen molar-refractivity contribution in [3.8, 4) is 5.75 Å². The lowest BCUT2D eigenvalue weighted by Gasteiger charge is -2.16. The lowest BCUT2D eigenvalue weighted by molar-refractivity contribution is -0.131. The van der Waals surface area contributed by atoms with Gasteiger partial charge in [0.2, 0.25) is 0 Å². The largest absolute Gasteiger partial charge is 0.427 e. The van der Waals surface area contributed by atoms with E-state index in [0.717, 1.165) is 0 Å². The van der Waals surface area contributed by atoms with Crippen LogP contribution in [0.3, 0.4) is 0 Å². The SMILES string of the molecule is CC(=O)Oc1ccc(C(CC(=O)c2ccccc2)C(=O)c2ccccc2)cc1. The van der Waals surface area contributed by atoms with Gasteiger partial charge >= 0.3 is 5.97 Å². The molecule has 0 saturated heterocycles. The molecule has 1 unspecified atom stereocenters. The van der Waals surface area contributed by atoms with E-state index < -0.39 is 11.9 Å². The van der Waals surface area contributed by atoms with Gasteiger partial charge in [0.25, 0.3) is 0 Å². The van der Waals surface area contributed by atoms with Crippen molar-refractivity contribution in [2.75, 3.05) is 0 Å². The molecule has 0 aliphatic rings. The fourth-order valence-electron chi connectivity index (χ4n) is 3.03. The molecule has 0 saturated carbocycles. The first-order valence-corrected chi connectivity index (χ1v) is 9.00. The van der Waals surface area contributed by atoms with E-state index in [4.69, 9.17) is 4.74 Å². The van der Waals surface area contributed by atoms with E-state index in [-0.39, 0.29) is 18.0 Å². The highest BCUT2D eigenvalue weighted by Crippen LogP contribution is 2.28. The topological polar surface area (TPSA) is 60.4 Å². The third-order valence-corrected chi connectivity index (χ3v) is 4.40. The molecule has 0 radical (unpaired) electrons. The van der Waals surface area contributed by atoms with Crippen molar-refractivity contribution < 1.29 is 19.1 Å². The van der Waals surface area contributed by atoms with Crippen LogP contribution < -0.4 is 4.74 Å². The normalized spacial score (nSPS) is 11.5. The number of benzene rings is 3. The van der Waals surface area contributed by atoms with Gasteiger partial charge in [-0.15, -0.1) is 0 Å². The van der Waals surface area contributed by atoms with Gasteiger partial charge in [0, 0.05) is 24.5 Å². The summed E-state index contributed by atoms with van der Waals surface area (Å²) in [6, 6.07) is 24.6. The van der Waals surface area contributed by atoms with Crippen molar-refractivity contribution in [1.82, 2.24) is 0 Å². The minimum atomic E-state index is -0.624. The Bertz CT molecular complexity index is 961. The van der Waals surface area contributed by atoms with E-state index in [1.165, 1.54) is 6.92 Å². The molecule has 0 aliphatic heterocycles. The van der Waals surface area contributed by atoms with Crippen LogP contribution in [0.2, 0.25) is 0 Å². The Balaban J connectivity index is 1.91. The second-order valence-electron chi connectivity index (χ2n) is 6.44. The molecule has 3 aromatic carbocycles. The van der Waals surface area contributed by atoms with E-state index in [9.17, 15) is 14.4 Å². The maximum absolute atomic E-state index is 13.1. The number of carbonyl (C=O) groups excluding carboxylic acids is 3. The number of carbonyl (C=O) groups is 3. The first kappa shape index (κ1) is 19.2. The summed E-state index contributed by atoms with van der Waals surface area (Å²) in [5, 5.41) is 0. The Kier molecular flexibility index (Phi) is 6.12. The van der Waals surface area contributed by atoms with E-state index in [1.54, 1.807) is 72.8 Å². The van der Waals surface area contributed by atoms with Gasteiger partial charge in [-0.1, -0.05) is 72.8 Å². The van der Waals surface area contributed by atoms with E-state index >= 15 is 0 Å². The molecule has 0 amide bonds. The van der Waals surface area contributed by atoms with Gasteiger partial charge in [-0.3, -0.25) is 14.4 Å². The predicted octanol–water partition coefficient (Wildman–Crippen LogP) is 4.85. The molecule has 0 aliphatic carbocycles. The Labute approximate surface area is 163 Å². The summed E-state index contributed by atoms with van der Waals surface area (Å²) in [5.74, 6) is -0.856. The molecule has 0 bridgehead atoms. The van der Waals surface area contributed by atoms with Crippen molar-refractivity contribution in [2.45, 2.75) is 19.3 Å². The van der Waals surface area contributed by atoms with Crippen molar-refractivity contribution in [3.05, 3.63) is 102 Å². The van der Waals surface area contributed by atoms with E-state index in [2.05, 4.69) is 0 Å². The molecule has 0 N–H and O–H groups in total. The van der Waals surface area contributed by atoms with Crippen LogP contribution >= 0.6 is 0 Å². The Morgan fingerprint density at radius 3 is 1.82 bits per heavy atom. The molecular formula is C24H20O4. The highest BCUT2D eigenvalue weighted by Gasteiger charge is 2.25. The van der Waals surface area contributed by atoms with Crippen molar-refractivity contribution in [3.63, 3.8) is 0 Å². The zero-order valence-corrected chi connectivity index (χ0v) is 15.5. The third kappa shape index (κ3) is 4.80. The summed E-state index contributed by atoms with van der Waals surface area (Å²) < 4.78 is 5.05. The first-order chi connectivity index (χ1) is 13.5. The van der Waals surface area contributed by atoms with Crippen molar-refractivity contribution in [1.29, 1.82) is 0 Å². The average Bonchev–Trinajstić information content (AvgIpc) is 2.73. The zero-order valence-electron chi connectivity index (χ0n) is 15.5. The first-order valence-electron chi connectivity index (χ1n) is 9.00. The highest BCUT2D eigenvalue weighted by atomic mass is 16.5. The summed E-state index contributed by atoms with van der Waals surface area (Å²) in [5.41, 5.74) is 1.83. The summed E-state index contributed by atoms with van der Waals surface area (Å²) in [6.07, 6.45) is 0.0602. The highest BCUT2D eigenvalue weighted by molar-refractivity contribution is 6.06. The number of rotatable bonds is 7. The van der Waals surface area contributed by atoms with Crippen LogP contribution in [0.1, 0.15) is 45.5 Å². The van der Waals surface area contributed by atoms with Crippen molar-refractivity contribution in [2.24, 2.45) is 0 Å². The quantitative estimate of drug-likeness (QED) is 0.338. The van der Waals surface area contributed by atoms with Gasteiger partial charge in [0.1, 0.15) is 5.75 Å². The fraction of sp³-hybridized carbons (Fsp3) is 0.125. The zero-order chi connectivity index (χ0) is 19.9. The molecule has 0 fully saturated rings. The second kappa shape index (κ2) is 8.91. The number of hydrogen-bond acceptors (Lipinski definition) is 4. The molecule has 0 aromatic heterocycles. The van der Waals surface area contributed by atoms with Gasteiger partial charge in [0.05, 0.1) is 5.92 Å². The van der Waals surface area contributed by atoms with E-state index in [1.807, 2.05) is 12.1 Å². The number of Topliss-reactive ketones (excluding diaryl/α,β-unsaturated/α-hetero) is 2. The minimum absolute atomic E-state index is 0.0602. The molecular weight excluding hydrogens is 352 g/mol. The van der Waals surface area contributed by atoms with Crippen LogP contribution in [-0.4, -0.2) is 17.5 Å². The third-order valence-electron chi connectivity index (χ3n) is 4.40. The molecule has 0 spiro atoms. The Hall–Kier alpha value is -3.53. The van der Waals surface area contributed by atoms with Gasteiger partial charge in [-0.25, -0.2) is 0 Å². The van der Waals surface area contributed by atoms with Gasteiger partial charge in [-0.2, -0.15) is 0 Å². The van der Waals surface area contributed by atoms with Gasteiger partial charge in [-0.05, 0) is 17.7 Å². The summed E-state index contributed by atoms with van der Waals surface area (Å²) in [7, 11) is 0. The monoisotopic (exact) mass is 372 g/mol. The minimum Gasteiger partial charge on any atom is -0.427 e. The molecule has 0 heterocycles. The predicted molar refractivity (Wildman–Crippen MR) is 107 cm³/mol. The van der Waals surface area contributed by atoms with Crippen LogP contribution in [-0.2, 0) is 4.79 Å². The smallest absolute Gasteiger partial charge is 0.308 e. The number of ketones is 2. The summed E-state index contributed by atoms with van der Waals surface area (Å²) in [4.78, 5) is 37.0. The summed E-state index contributed by atoms with van der Waals surface area (Å²) in [6.45, 7) is 1.33. The van der Waals surface area contributed by atoms with Crippen LogP contribution in [0.25, 0.3) is 0 Å².